The van der Waals surface area contributed by atoms with E-state index in [1.807, 2.05) is 55.5 Å². The Balaban J connectivity index is 1.60. The zero-order valence-corrected chi connectivity index (χ0v) is 19.9. The Morgan fingerprint density at radius 1 is 1.00 bits per heavy atom. The molecular weight excluding hydrogens is 450 g/mol. The van der Waals surface area contributed by atoms with Gasteiger partial charge in [0.1, 0.15) is 6.04 Å². The summed E-state index contributed by atoms with van der Waals surface area (Å²) in [6.07, 6.45) is 0.778. The molecule has 3 aromatic rings. The Morgan fingerprint density at radius 2 is 1.76 bits per heavy atom. The van der Waals surface area contributed by atoms with Crippen LogP contribution >= 0.6 is 0 Å². The summed E-state index contributed by atoms with van der Waals surface area (Å²) >= 11 is 0. The lowest BCUT2D eigenvalue weighted by molar-refractivity contribution is -0.118. The summed E-state index contributed by atoms with van der Waals surface area (Å²) in [6.45, 7) is 3.93. The molecule has 1 heterocycles. The summed E-state index contributed by atoms with van der Waals surface area (Å²) in [5.74, 6) is -0.523. The minimum Gasteiger partial charge on any atom is -0.325 e. The van der Waals surface area contributed by atoms with Gasteiger partial charge in [0.25, 0.3) is 0 Å². The molecule has 2 amide bonds. The summed E-state index contributed by atoms with van der Waals surface area (Å²) in [5.41, 5.74) is 3.94. The highest BCUT2D eigenvalue weighted by molar-refractivity contribution is 7.89. The largest absolute Gasteiger partial charge is 0.325 e. The van der Waals surface area contributed by atoms with E-state index in [1.165, 1.54) is 13.0 Å². The van der Waals surface area contributed by atoms with Gasteiger partial charge in [0, 0.05) is 24.8 Å². The van der Waals surface area contributed by atoms with Gasteiger partial charge in [0.2, 0.25) is 21.8 Å². The lowest BCUT2D eigenvalue weighted by Gasteiger charge is -2.20. The number of carbonyl (C=O) groups is 2. The van der Waals surface area contributed by atoms with Crippen molar-refractivity contribution < 1.29 is 18.0 Å². The van der Waals surface area contributed by atoms with Crippen molar-refractivity contribution in [3.8, 4) is 0 Å². The van der Waals surface area contributed by atoms with E-state index in [9.17, 15) is 18.0 Å². The number of nitrogens with one attached hydrogen (secondary N) is 2. The molecule has 0 saturated heterocycles. The van der Waals surface area contributed by atoms with E-state index < -0.39 is 22.0 Å². The number of rotatable bonds is 7. The molecule has 0 fully saturated rings. The number of anilines is 2. The van der Waals surface area contributed by atoms with Crippen LogP contribution in [0.2, 0.25) is 0 Å². The summed E-state index contributed by atoms with van der Waals surface area (Å²) in [4.78, 5) is 26.7. The summed E-state index contributed by atoms with van der Waals surface area (Å²) in [6, 6.07) is 20.3. The number of fused-ring (bicyclic) bond motifs is 1. The van der Waals surface area contributed by atoms with Crippen LogP contribution in [0.4, 0.5) is 11.4 Å². The average molecular weight is 478 g/mol. The Hall–Kier alpha value is -3.49. The van der Waals surface area contributed by atoms with Crippen LogP contribution in [0.3, 0.4) is 0 Å². The second-order valence-electron chi connectivity index (χ2n) is 8.43. The van der Waals surface area contributed by atoms with Gasteiger partial charge in [-0.1, -0.05) is 42.5 Å². The number of aryl methyl sites for hydroxylation is 1. The molecule has 8 heteroatoms. The molecular formula is C26H27N3O4S. The van der Waals surface area contributed by atoms with Gasteiger partial charge in [-0.15, -0.1) is 0 Å². The molecule has 0 radical (unpaired) electrons. The number of sulfonamides is 1. The van der Waals surface area contributed by atoms with Crippen LogP contribution in [-0.2, 0) is 32.5 Å². The normalized spacial score (nSPS) is 13.9. The molecule has 4 rings (SSSR count). The molecule has 3 aromatic carbocycles. The van der Waals surface area contributed by atoms with Crippen molar-refractivity contribution in [1.82, 2.24) is 4.72 Å². The van der Waals surface area contributed by atoms with Gasteiger partial charge >= 0.3 is 0 Å². The quantitative estimate of drug-likeness (QED) is 0.545. The molecule has 0 saturated carbocycles. The highest BCUT2D eigenvalue weighted by Crippen LogP contribution is 2.30. The van der Waals surface area contributed by atoms with Crippen molar-refractivity contribution in [3.05, 3.63) is 89.5 Å². The maximum atomic E-state index is 13.3. The minimum absolute atomic E-state index is 0.0677. The molecule has 0 bridgehead atoms. The lowest BCUT2D eigenvalue weighted by atomic mass is 10.1. The Labute approximate surface area is 199 Å². The molecule has 1 aliphatic rings. The Morgan fingerprint density at radius 3 is 2.47 bits per heavy atom. The molecule has 2 N–H and O–H groups in total. The molecule has 176 valence electrons. The topological polar surface area (TPSA) is 95.6 Å². The fourth-order valence-electron chi connectivity index (χ4n) is 4.12. The monoisotopic (exact) mass is 477 g/mol. The summed E-state index contributed by atoms with van der Waals surface area (Å²) in [5, 5.41) is 2.83. The van der Waals surface area contributed by atoms with Crippen LogP contribution in [0, 0.1) is 6.92 Å². The van der Waals surface area contributed by atoms with Gasteiger partial charge < -0.3 is 10.2 Å². The van der Waals surface area contributed by atoms with E-state index in [-0.39, 0.29) is 17.2 Å². The first kappa shape index (κ1) is 23.7. The van der Waals surface area contributed by atoms with Crippen LogP contribution in [0.25, 0.3) is 0 Å². The van der Waals surface area contributed by atoms with Gasteiger partial charge in [0.05, 0.1) is 4.90 Å². The van der Waals surface area contributed by atoms with Crippen LogP contribution < -0.4 is 14.9 Å². The number of hydrogen-bond donors (Lipinski definition) is 2. The lowest BCUT2D eigenvalue weighted by Crippen LogP contribution is -2.45. The smallest absolute Gasteiger partial charge is 0.242 e. The Kier molecular flexibility index (Phi) is 6.81. The van der Waals surface area contributed by atoms with Gasteiger partial charge in [0.15, 0.2) is 0 Å². The number of carbonyl (C=O) groups excluding carboxylic acids is 2. The SMILES string of the molecule is CC(=O)N1CCc2cc(S(=O)(=O)N[C@H](Cc3ccccc3)C(=O)Nc3cccc(C)c3)ccc21. The van der Waals surface area contributed by atoms with Gasteiger partial charge in [-0.25, -0.2) is 8.42 Å². The number of benzene rings is 3. The molecule has 1 atom stereocenters. The first-order valence-electron chi connectivity index (χ1n) is 11.1. The molecule has 0 spiro atoms. The highest BCUT2D eigenvalue weighted by atomic mass is 32.2. The van der Waals surface area contributed by atoms with Crippen molar-refractivity contribution in [2.45, 2.75) is 37.6 Å². The predicted octanol–water partition coefficient (Wildman–Crippen LogP) is 3.43. The maximum Gasteiger partial charge on any atom is 0.242 e. The Bertz CT molecular complexity index is 1320. The highest BCUT2D eigenvalue weighted by Gasteiger charge is 2.29. The van der Waals surface area contributed by atoms with Crippen LogP contribution in [0.15, 0.2) is 77.7 Å². The first-order chi connectivity index (χ1) is 16.2. The van der Waals surface area contributed by atoms with Crippen LogP contribution in [0.1, 0.15) is 23.6 Å². The molecule has 0 unspecified atom stereocenters. The zero-order valence-electron chi connectivity index (χ0n) is 19.1. The fraction of sp³-hybridized carbons (Fsp3) is 0.231. The second kappa shape index (κ2) is 9.79. The number of amides is 2. The summed E-state index contributed by atoms with van der Waals surface area (Å²) in [7, 11) is -4.00. The van der Waals surface area contributed by atoms with E-state index in [0.717, 1.165) is 22.4 Å². The van der Waals surface area contributed by atoms with Gasteiger partial charge in [-0.3, -0.25) is 9.59 Å². The van der Waals surface area contributed by atoms with Crippen LogP contribution in [0.5, 0.6) is 0 Å². The van der Waals surface area contributed by atoms with Crippen molar-refractivity contribution >= 4 is 33.2 Å². The van der Waals surface area contributed by atoms with Crippen LogP contribution in [-0.4, -0.2) is 32.8 Å². The number of nitrogens with zero attached hydrogens (tertiary/aromatic N) is 1. The first-order valence-corrected chi connectivity index (χ1v) is 12.6. The molecule has 34 heavy (non-hydrogen) atoms. The van der Waals surface area contributed by atoms with Gasteiger partial charge in [-0.2, -0.15) is 4.72 Å². The van der Waals surface area contributed by atoms with Crippen molar-refractivity contribution in [3.63, 3.8) is 0 Å². The van der Waals surface area contributed by atoms with E-state index in [1.54, 1.807) is 23.1 Å². The minimum atomic E-state index is -4.00. The molecule has 0 aliphatic carbocycles. The standard InChI is InChI=1S/C26H27N3O4S/c1-18-7-6-10-22(15-18)27-26(31)24(16-20-8-4-3-5-9-20)28-34(32,33)23-11-12-25-21(17-23)13-14-29(25)19(2)30/h3-12,15,17,24,28H,13-14,16H2,1-2H3,(H,27,31)/t24-/m1/s1. The van der Waals surface area contributed by atoms with E-state index in [4.69, 9.17) is 0 Å². The molecule has 1 aliphatic heterocycles. The third-order valence-corrected chi connectivity index (χ3v) is 7.29. The predicted molar refractivity (Wildman–Crippen MR) is 132 cm³/mol. The van der Waals surface area contributed by atoms with Crippen molar-refractivity contribution in [2.24, 2.45) is 0 Å². The summed E-state index contributed by atoms with van der Waals surface area (Å²) < 4.78 is 29.2. The third kappa shape index (κ3) is 5.35. The van der Waals surface area contributed by atoms with E-state index >= 15 is 0 Å². The second-order valence-corrected chi connectivity index (χ2v) is 10.1. The van der Waals surface area contributed by atoms with E-state index in [2.05, 4.69) is 10.0 Å². The average Bonchev–Trinajstić information content (AvgIpc) is 3.23. The zero-order chi connectivity index (χ0) is 24.3. The molecule has 7 nitrogen and oxygen atoms in total. The number of hydrogen-bond acceptors (Lipinski definition) is 4. The van der Waals surface area contributed by atoms with Crippen molar-refractivity contribution in [1.29, 1.82) is 0 Å². The fourth-order valence-corrected chi connectivity index (χ4v) is 5.36. The van der Waals surface area contributed by atoms with E-state index in [0.29, 0.717) is 18.7 Å². The molecule has 0 aromatic heterocycles. The van der Waals surface area contributed by atoms with Crippen molar-refractivity contribution in [2.75, 3.05) is 16.8 Å². The third-order valence-electron chi connectivity index (χ3n) is 5.82. The van der Waals surface area contributed by atoms with Gasteiger partial charge in [-0.05, 0) is 66.8 Å². The maximum absolute atomic E-state index is 13.3.